The van der Waals surface area contributed by atoms with Crippen molar-refractivity contribution in [3.05, 3.63) is 0 Å². The highest BCUT2D eigenvalue weighted by Crippen LogP contribution is 2.32. The van der Waals surface area contributed by atoms with Crippen molar-refractivity contribution in [3.63, 3.8) is 0 Å². The molecule has 0 saturated heterocycles. The number of hydrogen-bond donors (Lipinski definition) is 2. The van der Waals surface area contributed by atoms with Crippen LogP contribution in [-0.4, -0.2) is 24.3 Å². The molecule has 0 aromatic rings. The Morgan fingerprint density at radius 3 is 2.58 bits per heavy atom. The summed E-state index contributed by atoms with van der Waals surface area (Å²) in [6, 6.07) is 0.686. The van der Waals surface area contributed by atoms with Gasteiger partial charge in [0.15, 0.2) is 0 Å². The number of nitrogens with one attached hydrogen (secondary N) is 1. The summed E-state index contributed by atoms with van der Waals surface area (Å²) < 4.78 is 0. The van der Waals surface area contributed by atoms with Crippen LogP contribution in [0, 0.1) is 11.8 Å². The van der Waals surface area contributed by atoms with E-state index in [0.29, 0.717) is 18.6 Å². The second-order valence-electron chi connectivity index (χ2n) is 4.15. The van der Waals surface area contributed by atoms with Crippen LogP contribution in [0.4, 0.5) is 0 Å². The first-order chi connectivity index (χ1) is 5.74. The molecule has 1 rings (SSSR count). The molecule has 2 unspecified atom stereocenters. The van der Waals surface area contributed by atoms with Crippen LogP contribution in [0.15, 0.2) is 0 Å². The van der Waals surface area contributed by atoms with Gasteiger partial charge in [-0.25, -0.2) is 0 Å². The molecule has 0 aromatic heterocycles. The third-order valence-corrected chi connectivity index (χ3v) is 2.74. The van der Waals surface area contributed by atoms with Gasteiger partial charge in [-0.05, 0) is 44.6 Å². The summed E-state index contributed by atoms with van der Waals surface area (Å²) >= 11 is 0. The lowest BCUT2D eigenvalue weighted by Crippen LogP contribution is -2.32. The maximum Gasteiger partial charge on any atom is 0.0434 e. The Labute approximate surface area is 75.4 Å². The first-order valence-corrected chi connectivity index (χ1v) is 5.08. The van der Waals surface area contributed by atoms with Gasteiger partial charge in [-0.2, -0.15) is 0 Å². The van der Waals surface area contributed by atoms with Gasteiger partial charge in [-0.1, -0.05) is 6.92 Å². The Balaban J connectivity index is 1.99. The van der Waals surface area contributed by atoms with Crippen LogP contribution in [0.5, 0.6) is 0 Å². The van der Waals surface area contributed by atoms with Gasteiger partial charge in [-0.3, -0.25) is 0 Å². The third-order valence-electron chi connectivity index (χ3n) is 2.74. The molecule has 1 fully saturated rings. The number of aliphatic hydroxyl groups is 1. The fourth-order valence-electron chi connectivity index (χ4n) is 1.47. The van der Waals surface area contributed by atoms with Crippen molar-refractivity contribution in [1.29, 1.82) is 0 Å². The second-order valence-corrected chi connectivity index (χ2v) is 4.15. The average Bonchev–Trinajstić information content (AvgIpc) is 2.83. The zero-order valence-corrected chi connectivity index (χ0v) is 8.21. The molecule has 72 valence electrons. The van der Waals surface area contributed by atoms with Crippen LogP contribution in [0.25, 0.3) is 0 Å². The molecule has 2 atom stereocenters. The number of rotatable bonds is 6. The summed E-state index contributed by atoms with van der Waals surface area (Å²) in [5, 5.41) is 12.2. The van der Waals surface area contributed by atoms with E-state index in [-0.39, 0.29) is 0 Å². The molecule has 0 bridgehead atoms. The Hall–Kier alpha value is -0.0800. The fraction of sp³-hybridized carbons (Fsp3) is 1.00. The summed E-state index contributed by atoms with van der Waals surface area (Å²) in [6.45, 7) is 5.82. The van der Waals surface area contributed by atoms with Gasteiger partial charge >= 0.3 is 0 Å². The Kier molecular flexibility index (Phi) is 4.02. The van der Waals surface area contributed by atoms with Crippen molar-refractivity contribution < 1.29 is 5.11 Å². The van der Waals surface area contributed by atoms with Crippen molar-refractivity contribution in [1.82, 2.24) is 5.32 Å². The molecular formula is C10H21NO. The first-order valence-electron chi connectivity index (χ1n) is 5.08. The van der Waals surface area contributed by atoms with Gasteiger partial charge in [0.2, 0.25) is 0 Å². The summed E-state index contributed by atoms with van der Waals surface area (Å²) in [5.74, 6) is 1.54. The van der Waals surface area contributed by atoms with Gasteiger partial charge in [0, 0.05) is 12.6 Å². The quantitative estimate of drug-likeness (QED) is 0.633. The van der Waals surface area contributed by atoms with Gasteiger partial charge in [0.05, 0.1) is 0 Å². The normalized spacial score (nSPS) is 22.2. The molecule has 0 heterocycles. The molecule has 0 radical (unpaired) electrons. The Morgan fingerprint density at radius 2 is 2.08 bits per heavy atom. The van der Waals surface area contributed by atoms with Gasteiger partial charge in [-0.15, -0.1) is 0 Å². The second kappa shape index (κ2) is 4.83. The predicted molar refractivity (Wildman–Crippen MR) is 51.1 cm³/mol. The maximum absolute atomic E-state index is 8.70. The molecular weight excluding hydrogens is 150 g/mol. The van der Waals surface area contributed by atoms with Gasteiger partial charge < -0.3 is 10.4 Å². The van der Waals surface area contributed by atoms with Crippen LogP contribution < -0.4 is 5.32 Å². The lowest BCUT2D eigenvalue weighted by molar-refractivity contribution is 0.257. The van der Waals surface area contributed by atoms with E-state index in [1.165, 1.54) is 12.8 Å². The van der Waals surface area contributed by atoms with E-state index < -0.39 is 0 Å². The van der Waals surface area contributed by atoms with E-state index in [1.54, 1.807) is 0 Å². The molecule has 2 N–H and O–H groups in total. The van der Waals surface area contributed by atoms with Crippen LogP contribution in [-0.2, 0) is 0 Å². The van der Waals surface area contributed by atoms with E-state index in [4.69, 9.17) is 5.11 Å². The molecule has 0 amide bonds. The van der Waals surface area contributed by atoms with Gasteiger partial charge in [0.1, 0.15) is 0 Å². The highest BCUT2D eigenvalue weighted by Gasteiger charge is 2.27. The summed E-state index contributed by atoms with van der Waals surface area (Å²) in [5.41, 5.74) is 0. The highest BCUT2D eigenvalue weighted by atomic mass is 16.3. The molecule has 12 heavy (non-hydrogen) atoms. The first kappa shape index (κ1) is 10.0. The maximum atomic E-state index is 8.70. The van der Waals surface area contributed by atoms with E-state index in [9.17, 15) is 0 Å². The molecule has 2 nitrogen and oxygen atoms in total. The Bertz CT molecular complexity index is 123. The van der Waals surface area contributed by atoms with E-state index in [2.05, 4.69) is 19.2 Å². The summed E-state index contributed by atoms with van der Waals surface area (Å²) in [6.07, 6.45) is 3.73. The van der Waals surface area contributed by atoms with Crippen molar-refractivity contribution in [2.24, 2.45) is 11.8 Å². The van der Waals surface area contributed by atoms with E-state index in [1.807, 2.05) is 0 Å². The summed E-state index contributed by atoms with van der Waals surface area (Å²) in [7, 11) is 0. The number of aliphatic hydroxyl groups excluding tert-OH is 1. The minimum Gasteiger partial charge on any atom is -0.396 e. The topological polar surface area (TPSA) is 32.3 Å². The Morgan fingerprint density at radius 1 is 1.42 bits per heavy atom. The molecule has 0 aliphatic heterocycles. The molecule has 0 aromatic carbocycles. The van der Waals surface area contributed by atoms with Crippen molar-refractivity contribution in [2.45, 2.75) is 39.2 Å². The molecule has 0 spiro atoms. The average molecular weight is 171 g/mol. The summed E-state index contributed by atoms with van der Waals surface area (Å²) in [4.78, 5) is 0. The van der Waals surface area contributed by atoms with Crippen LogP contribution >= 0.6 is 0 Å². The van der Waals surface area contributed by atoms with Crippen molar-refractivity contribution in [3.8, 4) is 0 Å². The lowest BCUT2D eigenvalue weighted by atomic mass is 10.1. The van der Waals surface area contributed by atoms with Crippen molar-refractivity contribution >= 4 is 0 Å². The van der Waals surface area contributed by atoms with E-state index >= 15 is 0 Å². The standard InChI is InChI=1S/C10H21NO/c1-8(5-6-12)7-11-9(2)10-3-4-10/h8-12H,3-7H2,1-2H3. The SMILES string of the molecule is CC(CCO)CNC(C)C1CC1. The molecule has 1 aliphatic carbocycles. The fourth-order valence-corrected chi connectivity index (χ4v) is 1.47. The minimum absolute atomic E-state index is 0.320. The largest absolute Gasteiger partial charge is 0.396 e. The molecule has 2 heteroatoms. The monoisotopic (exact) mass is 171 g/mol. The molecule has 1 saturated carbocycles. The van der Waals surface area contributed by atoms with Gasteiger partial charge in [0.25, 0.3) is 0 Å². The smallest absolute Gasteiger partial charge is 0.0434 e. The zero-order chi connectivity index (χ0) is 8.97. The van der Waals surface area contributed by atoms with Crippen molar-refractivity contribution in [2.75, 3.05) is 13.2 Å². The predicted octanol–water partition coefficient (Wildman–Crippen LogP) is 1.39. The highest BCUT2D eigenvalue weighted by molar-refractivity contribution is 4.83. The molecule has 1 aliphatic rings. The number of hydrogen-bond acceptors (Lipinski definition) is 2. The van der Waals surface area contributed by atoms with E-state index in [0.717, 1.165) is 18.9 Å². The lowest BCUT2D eigenvalue weighted by Gasteiger charge is -2.16. The van der Waals surface area contributed by atoms with Crippen LogP contribution in [0.2, 0.25) is 0 Å². The zero-order valence-electron chi connectivity index (χ0n) is 8.21. The third kappa shape index (κ3) is 3.55. The van der Waals surface area contributed by atoms with Crippen LogP contribution in [0.1, 0.15) is 33.1 Å². The van der Waals surface area contributed by atoms with Crippen LogP contribution in [0.3, 0.4) is 0 Å². The minimum atomic E-state index is 0.320.